The maximum Gasteiger partial charge on any atom is 0.328 e. The first-order valence-corrected chi connectivity index (χ1v) is 9.28. The number of ether oxygens (including phenoxy) is 1. The number of fused-ring (bicyclic) bond motifs is 3. The maximum atomic E-state index is 12.2. The third-order valence-electron chi connectivity index (χ3n) is 4.79. The standard InChI is InChI=1S/C16H21N2O3S/c1-10(19)18-13(14(20)21-2)9-16(22(3)4)11-7-5-6-8-12(11)17-15(16)18/h5-8,13,15,17H,9H2,1-4H3/q+1/t13-,15?,16?/m0/s1. The lowest BCUT2D eigenvalue weighted by Crippen LogP contribution is -2.51. The zero-order valence-electron chi connectivity index (χ0n) is 13.3. The van der Waals surface area contributed by atoms with Crippen molar-refractivity contribution in [3.05, 3.63) is 29.8 Å². The minimum Gasteiger partial charge on any atom is -0.467 e. The number of nitrogens with zero attached hydrogens (tertiary/aromatic N) is 1. The Morgan fingerprint density at radius 1 is 1.36 bits per heavy atom. The van der Waals surface area contributed by atoms with E-state index in [-0.39, 0.29) is 33.7 Å². The Balaban J connectivity index is 2.15. The van der Waals surface area contributed by atoms with Crippen molar-refractivity contribution in [3.8, 4) is 0 Å². The number of methoxy groups -OCH3 is 1. The summed E-state index contributed by atoms with van der Waals surface area (Å²) in [5.41, 5.74) is 2.26. The molecule has 118 valence electrons. The molecular formula is C16H21N2O3S+. The van der Waals surface area contributed by atoms with Crippen LogP contribution in [0.25, 0.3) is 0 Å². The van der Waals surface area contributed by atoms with Gasteiger partial charge in [-0.15, -0.1) is 0 Å². The lowest BCUT2D eigenvalue weighted by molar-refractivity contribution is -0.151. The van der Waals surface area contributed by atoms with Gasteiger partial charge in [-0.1, -0.05) is 18.2 Å². The first kappa shape index (κ1) is 15.2. The summed E-state index contributed by atoms with van der Waals surface area (Å²) >= 11 is 0. The van der Waals surface area contributed by atoms with Crippen molar-refractivity contribution >= 4 is 28.5 Å². The number of para-hydroxylation sites is 1. The smallest absolute Gasteiger partial charge is 0.328 e. The average molecular weight is 321 g/mol. The van der Waals surface area contributed by atoms with Crippen LogP contribution in [0, 0.1) is 0 Å². The predicted molar refractivity (Wildman–Crippen MR) is 87.7 cm³/mol. The van der Waals surface area contributed by atoms with Gasteiger partial charge >= 0.3 is 5.97 Å². The lowest BCUT2D eigenvalue weighted by atomic mass is 9.95. The molecule has 2 unspecified atom stereocenters. The van der Waals surface area contributed by atoms with Crippen molar-refractivity contribution in [2.45, 2.75) is 30.3 Å². The van der Waals surface area contributed by atoms with Gasteiger partial charge in [0.1, 0.15) is 6.04 Å². The van der Waals surface area contributed by atoms with Crippen LogP contribution in [0.2, 0.25) is 0 Å². The number of rotatable bonds is 2. The molecule has 0 saturated carbocycles. The zero-order valence-corrected chi connectivity index (χ0v) is 14.1. The van der Waals surface area contributed by atoms with Gasteiger partial charge in [-0.05, 0) is 17.0 Å². The molecule has 1 aromatic carbocycles. The van der Waals surface area contributed by atoms with Crippen LogP contribution in [0.3, 0.4) is 0 Å². The van der Waals surface area contributed by atoms with Gasteiger partial charge in [-0.2, -0.15) is 0 Å². The number of hydrogen-bond donors (Lipinski definition) is 1. The van der Waals surface area contributed by atoms with E-state index in [1.54, 1.807) is 4.90 Å². The molecule has 0 aliphatic carbocycles. The van der Waals surface area contributed by atoms with Crippen LogP contribution < -0.4 is 5.32 Å². The highest BCUT2D eigenvalue weighted by Crippen LogP contribution is 2.54. The van der Waals surface area contributed by atoms with Crippen LogP contribution in [0.4, 0.5) is 5.69 Å². The minimum atomic E-state index is -0.525. The Morgan fingerprint density at radius 3 is 2.64 bits per heavy atom. The van der Waals surface area contributed by atoms with E-state index in [2.05, 4.69) is 23.9 Å². The Bertz CT molecular complexity index is 634. The first-order chi connectivity index (χ1) is 10.4. The summed E-state index contributed by atoms with van der Waals surface area (Å²) < 4.78 is 4.70. The van der Waals surface area contributed by atoms with Crippen LogP contribution in [0.1, 0.15) is 18.9 Å². The molecule has 0 radical (unpaired) electrons. The normalized spacial score (nSPS) is 29.0. The largest absolute Gasteiger partial charge is 0.467 e. The van der Waals surface area contributed by atoms with Crippen molar-refractivity contribution < 1.29 is 14.3 Å². The highest BCUT2D eigenvalue weighted by molar-refractivity contribution is 7.96. The monoisotopic (exact) mass is 321 g/mol. The molecule has 2 aliphatic heterocycles. The molecule has 3 atom stereocenters. The highest BCUT2D eigenvalue weighted by Gasteiger charge is 2.67. The molecule has 3 rings (SSSR count). The molecule has 2 heterocycles. The molecule has 0 spiro atoms. The number of carbonyl (C=O) groups is 2. The van der Waals surface area contributed by atoms with E-state index < -0.39 is 6.04 Å². The average Bonchev–Trinajstić information content (AvgIpc) is 2.98. The number of nitrogens with one attached hydrogen (secondary N) is 1. The van der Waals surface area contributed by atoms with E-state index in [1.165, 1.54) is 19.6 Å². The third kappa shape index (κ3) is 1.86. The zero-order chi connectivity index (χ0) is 16.1. The molecular weight excluding hydrogens is 300 g/mol. The maximum absolute atomic E-state index is 12.2. The Labute approximate surface area is 133 Å². The fraction of sp³-hybridized carbons (Fsp3) is 0.500. The fourth-order valence-electron chi connectivity index (χ4n) is 3.81. The summed E-state index contributed by atoms with van der Waals surface area (Å²) in [6.45, 7) is 1.51. The summed E-state index contributed by atoms with van der Waals surface area (Å²) in [5, 5.41) is 3.46. The van der Waals surface area contributed by atoms with Crippen molar-refractivity contribution in [3.63, 3.8) is 0 Å². The lowest BCUT2D eigenvalue weighted by Gasteiger charge is -2.29. The second-order valence-corrected chi connectivity index (χ2v) is 8.33. The van der Waals surface area contributed by atoms with Gasteiger partial charge in [-0.25, -0.2) is 4.79 Å². The molecule has 1 fully saturated rings. The number of carbonyl (C=O) groups excluding carboxylic acids is 2. The Morgan fingerprint density at radius 2 is 2.05 bits per heavy atom. The molecule has 1 N–H and O–H groups in total. The molecule has 1 aromatic rings. The highest BCUT2D eigenvalue weighted by atomic mass is 32.2. The number of anilines is 1. The molecule has 2 aliphatic rings. The van der Waals surface area contributed by atoms with Gasteiger partial charge < -0.3 is 15.0 Å². The number of benzene rings is 1. The third-order valence-corrected chi connectivity index (χ3v) is 6.86. The van der Waals surface area contributed by atoms with Crippen molar-refractivity contribution in [2.24, 2.45) is 0 Å². The summed E-state index contributed by atoms with van der Waals surface area (Å²) in [7, 11) is 1.36. The summed E-state index contributed by atoms with van der Waals surface area (Å²) in [6.07, 6.45) is 4.76. The molecule has 1 amide bonds. The van der Waals surface area contributed by atoms with Crippen molar-refractivity contribution in [2.75, 3.05) is 24.9 Å². The number of likely N-dealkylation sites (tertiary alicyclic amines) is 1. The van der Waals surface area contributed by atoms with E-state index in [0.29, 0.717) is 6.42 Å². The van der Waals surface area contributed by atoms with E-state index >= 15 is 0 Å². The van der Waals surface area contributed by atoms with E-state index in [1.807, 2.05) is 18.2 Å². The number of amides is 1. The number of hydrogen-bond acceptors (Lipinski definition) is 4. The van der Waals surface area contributed by atoms with Gasteiger partial charge in [0.05, 0.1) is 19.6 Å². The van der Waals surface area contributed by atoms with Gasteiger partial charge in [0.25, 0.3) is 0 Å². The second kappa shape index (κ2) is 5.19. The SMILES string of the molecule is COC(=O)[C@@H]1CC2([S+](C)C)c3ccccc3NC2N1C(C)=O. The van der Waals surface area contributed by atoms with E-state index in [4.69, 9.17) is 4.74 Å². The number of esters is 1. The quantitative estimate of drug-likeness (QED) is 0.659. The summed E-state index contributed by atoms with van der Waals surface area (Å²) in [4.78, 5) is 26.1. The van der Waals surface area contributed by atoms with Crippen molar-refractivity contribution in [1.29, 1.82) is 0 Å². The summed E-state index contributed by atoms with van der Waals surface area (Å²) in [5.74, 6) is -0.443. The van der Waals surface area contributed by atoms with Gasteiger partial charge in [0.2, 0.25) is 5.91 Å². The van der Waals surface area contributed by atoms with Crippen LogP contribution >= 0.6 is 0 Å². The van der Waals surface area contributed by atoms with Crippen LogP contribution in [0.15, 0.2) is 24.3 Å². The fourth-order valence-corrected chi connectivity index (χ4v) is 5.54. The van der Waals surface area contributed by atoms with Crippen molar-refractivity contribution in [1.82, 2.24) is 4.90 Å². The van der Waals surface area contributed by atoms with E-state index in [0.717, 1.165) is 5.69 Å². The van der Waals surface area contributed by atoms with E-state index in [9.17, 15) is 9.59 Å². The van der Waals surface area contributed by atoms with Gasteiger partial charge in [0.15, 0.2) is 10.9 Å². The Hall–Kier alpha value is -1.69. The van der Waals surface area contributed by atoms with Crippen LogP contribution in [-0.4, -0.2) is 48.6 Å². The minimum absolute atomic E-state index is 0.0191. The van der Waals surface area contributed by atoms with Crippen LogP contribution in [-0.2, 0) is 30.0 Å². The second-order valence-electron chi connectivity index (χ2n) is 5.97. The molecule has 22 heavy (non-hydrogen) atoms. The molecule has 5 nitrogen and oxygen atoms in total. The molecule has 0 aromatic heterocycles. The molecule has 0 bridgehead atoms. The Kier molecular flexibility index (Phi) is 3.59. The molecule has 6 heteroatoms. The van der Waals surface area contributed by atoms with Gasteiger partial charge in [0, 0.05) is 24.6 Å². The first-order valence-electron chi connectivity index (χ1n) is 7.24. The molecule has 1 saturated heterocycles. The summed E-state index contributed by atoms with van der Waals surface area (Å²) in [6, 6.07) is 7.62. The topological polar surface area (TPSA) is 58.6 Å². The van der Waals surface area contributed by atoms with Crippen LogP contribution in [0.5, 0.6) is 0 Å². The predicted octanol–water partition coefficient (Wildman–Crippen LogP) is 1.31. The van der Waals surface area contributed by atoms with Gasteiger partial charge in [-0.3, -0.25) is 4.79 Å².